The molecule has 30 heavy (non-hydrogen) atoms. The van der Waals surface area contributed by atoms with Crippen LogP contribution in [-0.2, 0) is 16.1 Å². The summed E-state index contributed by atoms with van der Waals surface area (Å²) in [4.78, 5) is 35.1. The second kappa shape index (κ2) is 9.73. The van der Waals surface area contributed by atoms with Gasteiger partial charge in [0.1, 0.15) is 19.2 Å². The quantitative estimate of drug-likeness (QED) is 0.724. The van der Waals surface area contributed by atoms with Crippen LogP contribution in [0.4, 0.5) is 5.69 Å². The fraction of sp³-hybridized carbons (Fsp3) is 0.545. The molecule has 0 unspecified atom stereocenters. The van der Waals surface area contributed by atoms with E-state index < -0.39 is 0 Å². The van der Waals surface area contributed by atoms with Crippen LogP contribution in [0.3, 0.4) is 0 Å². The van der Waals surface area contributed by atoms with E-state index in [1.807, 2.05) is 15.9 Å². The molecule has 0 aliphatic carbocycles. The number of carbonyl (C=O) groups is 2. The number of likely N-dealkylation sites (tertiary alicyclic amines) is 1. The van der Waals surface area contributed by atoms with Gasteiger partial charge in [-0.15, -0.1) is 0 Å². The Bertz CT molecular complexity index is 809. The van der Waals surface area contributed by atoms with Gasteiger partial charge in [0.05, 0.1) is 0 Å². The van der Waals surface area contributed by atoms with Gasteiger partial charge in [0, 0.05) is 51.4 Å². The number of rotatable bonds is 6. The zero-order chi connectivity index (χ0) is 20.8. The third-order valence-electron chi connectivity index (χ3n) is 6.25. The Labute approximate surface area is 177 Å². The van der Waals surface area contributed by atoms with Crippen molar-refractivity contribution in [2.45, 2.75) is 32.2 Å². The standard InChI is InChI=1S/C22H30N6O2/c29-21(27-14-12-25(13-15-27)20-4-2-1-3-5-20)7-6-19-8-10-26(11-9-19)22(30)16-28-18-23-17-24-28/h1-5,17-19H,6-16H2. The molecule has 8 heteroatoms. The number of para-hydroxylation sites is 1. The molecule has 160 valence electrons. The van der Waals surface area contributed by atoms with Crippen molar-refractivity contribution in [3.8, 4) is 0 Å². The van der Waals surface area contributed by atoms with E-state index in [-0.39, 0.29) is 18.4 Å². The lowest BCUT2D eigenvalue weighted by atomic mass is 9.92. The third-order valence-corrected chi connectivity index (χ3v) is 6.25. The minimum atomic E-state index is 0.0892. The Morgan fingerprint density at radius 2 is 1.60 bits per heavy atom. The van der Waals surface area contributed by atoms with Crippen LogP contribution in [0.2, 0.25) is 0 Å². The summed E-state index contributed by atoms with van der Waals surface area (Å²) in [5, 5.41) is 3.99. The fourth-order valence-electron chi connectivity index (χ4n) is 4.36. The van der Waals surface area contributed by atoms with Gasteiger partial charge in [-0.05, 0) is 37.3 Å². The molecule has 2 aliphatic rings. The van der Waals surface area contributed by atoms with Crippen LogP contribution in [0.25, 0.3) is 0 Å². The number of benzene rings is 1. The van der Waals surface area contributed by atoms with Gasteiger partial charge in [0.2, 0.25) is 11.8 Å². The van der Waals surface area contributed by atoms with Crippen molar-refractivity contribution in [2.24, 2.45) is 5.92 Å². The molecule has 2 aromatic rings. The first kappa shape index (κ1) is 20.4. The van der Waals surface area contributed by atoms with Gasteiger partial charge in [0.25, 0.3) is 0 Å². The number of piperazine rings is 1. The van der Waals surface area contributed by atoms with Crippen LogP contribution in [0.1, 0.15) is 25.7 Å². The van der Waals surface area contributed by atoms with E-state index in [1.54, 1.807) is 11.0 Å². The number of nitrogens with zero attached hydrogens (tertiary/aromatic N) is 6. The number of anilines is 1. The van der Waals surface area contributed by atoms with E-state index in [0.717, 1.165) is 58.5 Å². The molecule has 2 saturated heterocycles. The molecule has 1 aromatic carbocycles. The summed E-state index contributed by atoms with van der Waals surface area (Å²) in [6.07, 6.45) is 6.48. The van der Waals surface area contributed by atoms with Crippen molar-refractivity contribution in [3.63, 3.8) is 0 Å². The van der Waals surface area contributed by atoms with Gasteiger partial charge in [-0.2, -0.15) is 5.10 Å². The zero-order valence-corrected chi connectivity index (χ0v) is 17.4. The summed E-state index contributed by atoms with van der Waals surface area (Å²) < 4.78 is 1.56. The van der Waals surface area contributed by atoms with E-state index in [2.05, 4.69) is 39.2 Å². The average molecular weight is 411 g/mol. The molecule has 4 rings (SSSR count). The van der Waals surface area contributed by atoms with Crippen molar-refractivity contribution in [2.75, 3.05) is 44.2 Å². The lowest BCUT2D eigenvalue weighted by Crippen LogP contribution is -2.48. The second-order valence-corrected chi connectivity index (χ2v) is 8.16. The lowest BCUT2D eigenvalue weighted by Gasteiger charge is -2.36. The van der Waals surface area contributed by atoms with Gasteiger partial charge < -0.3 is 14.7 Å². The molecule has 8 nitrogen and oxygen atoms in total. The Balaban J connectivity index is 1.14. The van der Waals surface area contributed by atoms with Gasteiger partial charge >= 0.3 is 0 Å². The van der Waals surface area contributed by atoms with E-state index in [4.69, 9.17) is 0 Å². The minimum Gasteiger partial charge on any atom is -0.368 e. The summed E-state index contributed by atoms with van der Waals surface area (Å²) >= 11 is 0. The number of amides is 2. The molecule has 0 atom stereocenters. The van der Waals surface area contributed by atoms with Crippen LogP contribution in [-0.4, -0.2) is 75.6 Å². The number of aromatic nitrogens is 3. The lowest BCUT2D eigenvalue weighted by molar-refractivity contribution is -0.134. The van der Waals surface area contributed by atoms with E-state index >= 15 is 0 Å². The molecule has 2 amide bonds. The topological polar surface area (TPSA) is 74.6 Å². The number of hydrogen-bond acceptors (Lipinski definition) is 5. The van der Waals surface area contributed by atoms with E-state index in [0.29, 0.717) is 12.3 Å². The SMILES string of the molecule is O=C(CCC1CCN(C(=O)Cn2cncn2)CC1)N1CCN(c2ccccc2)CC1. The summed E-state index contributed by atoms with van der Waals surface area (Å²) in [5.74, 6) is 0.883. The highest BCUT2D eigenvalue weighted by atomic mass is 16.2. The first-order valence-electron chi connectivity index (χ1n) is 10.9. The molecule has 0 radical (unpaired) electrons. The highest BCUT2D eigenvalue weighted by molar-refractivity contribution is 5.77. The van der Waals surface area contributed by atoms with Crippen LogP contribution >= 0.6 is 0 Å². The normalized spacial score (nSPS) is 17.9. The molecule has 0 spiro atoms. The molecule has 0 N–H and O–H groups in total. The van der Waals surface area contributed by atoms with Crippen molar-refractivity contribution in [1.29, 1.82) is 0 Å². The highest BCUT2D eigenvalue weighted by Crippen LogP contribution is 2.23. The predicted octanol–water partition coefficient (Wildman–Crippen LogP) is 1.65. The predicted molar refractivity (Wildman–Crippen MR) is 114 cm³/mol. The van der Waals surface area contributed by atoms with E-state index in [1.165, 1.54) is 12.0 Å². The van der Waals surface area contributed by atoms with Crippen LogP contribution < -0.4 is 4.90 Å². The summed E-state index contributed by atoms with van der Waals surface area (Å²) in [6.45, 7) is 5.15. The molecular formula is C22H30N6O2. The first-order chi connectivity index (χ1) is 14.7. The summed E-state index contributed by atoms with van der Waals surface area (Å²) in [5.41, 5.74) is 1.23. The average Bonchev–Trinajstić information content (AvgIpc) is 3.31. The van der Waals surface area contributed by atoms with E-state index in [9.17, 15) is 9.59 Å². The van der Waals surface area contributed by atoms with Gasteiger partial charge in [-0.25, -0.2) is 9.67 Å². The summed E-state index contributed by atoms with van der Waals surface area (Å²) in [7, 11) is 0. The Morgan fingerprint density at radius 3 is 2.27 bits per heavy atom. The molecule has 1 aromatic heterocycles. The number of hydrogen-bond donors (Lipinski definition) is 0. The summed E-state index contributed by atoms with van der Waals surface area (Å²) in [6, 6.07) is 10.4. The molecule has 3 heterocycles. The highest BCUT2D eigenvalue weighted by Gasteiger charge is 2.25. The second-order valence-electron chi connectivity index (χ2n) is 8.16. The molecule has 2 fully saturated rings. The van der Waals surface area contributed by atoms with Gasteiger partial charge in [-0.1, -0.05) is 18.2 Å². The van der Waals surface area contributed by atoms with Crippen LogP contribution in [0, 0.1) is 5.92 Å². The third kappa shape index (κ3) is 5.17. The molecular weight excluding hydrogens is 380 g/mol. The molecule has 0 saturated carbocycles. The molecule has 0 bridgehead atoms. The van der Waals surface area contributed by atoms with Crippen LogP contribution in [0.5, 0.6) is 0 Å². The largest absolute Gasteiger partial charge is 0.368 e. The zero-order valence-electron chi connectivity index (χ0n) is 17.4. The Morgan fingerprint density at radius 1 is 0.900 bits per heavy atom. The maximum atomic E-state index is 12.7. The monoisotopic (exact) mass is 410 g/mol. The smallest absolute Gasteiger partial charge is 0.244 e. The number of piperidine rings is 1. The number of carbonyl (C=O) groups excluding carboxylic acids is 2. The van der Waals surface area contributed by atoms with Crippen molar-refractivity contribution >= 4 is 17.5 Å². The van der Waals surface area contributed by atoms with Crippen LogP contribution in [0.15, 0.2) is 43.0 Å². The Kier molecular flexibility index (Phi) is 6.61. The maximum absolute atomic E-state index is 12.7. The molecule has 2 aliphatic heterocycles. The fourth-order valence-corrected chi connectivity index (χ4v) is 4.36. The van der Waals surface area contributed by atoms with Gasteiger partial charge in [-0.3, -0.25) is 9.59 Å². The first-order valence-corrected chi connectivity index (χ1v) is 10.9. The van der Waals surface area contributed by atoms with Crippen molar-refractivity contribution in [3.05, 3.63) is 43.0 Å². The minimum absolute atomic E-state index is 0.0892. The van der Waals surface area contributed by atoms with Gasteiger partial charge in [0.15, 0.2) is 0 Å². The maximum Gasteiger partial charge on any atom is 0.244 e. The van der Waals surface area contributed by atoms with Crippen molar-refractivity contribution < 1.29 is 9.59 Å². The Hall–Kier alpha value is -2.90. The van der Waals surface area contributed by atoms with Crippen molar-refractivity contribution in [1.82, 2.24) is 24.6 Å².